The van der Waals surface area contributed by atoms with Crippen molar-refractivity contribution in [3.05, 3.63) is 58.0 Å². The third-order valence-corrected chi connectivity index (χ3v) is 4.36. The smallest absolute Gasteiger partial charge is 0.290 e. The maximum Gasteiger partial charge on any atom is 0.290 e. The van der Waals surface area contributed by atoms with Crippen LogP contribution in [0.1, 0.15) is 16.1 Å². The molecule has 0 fully saturated rings. The number of rotatable bonds is 6. The van der Waals surface area contributed by atoms with Crippen molar-refractivity contribution in [3.8, 4) is 17.2 Å². The number of aromatic amines is 1. The summed E-state index contributed by atoms with van der Waals surface area (Å²) in [4.78, 5) is 36.6. The predicted octanol–water partition coefficient (Wildman–Crippen LogP) is 0.953. The number of aromatic nitrogens is 2. The second-order valence-electron chi connectivity index (χ2n) is 6.12. The van der Waals surface area contributed by atoms with Crippen LogP contribution in [0.5, 0.6) is 17.2 Å². The summed E-state index contributed by atoms with van der Waals surface area (Å²) in [7, 11) is 4.41. The van der Waals surface area contributed by atoms with Crippen molar-refractivity contribution in [2.75, 3.05) is 21.3 Å². The van der Waals surface area contributed by atoms with E-state index >= 15 is 0 Å². The molecular weight excluding hydrogens is 392 g/mol. The highest BCUT2D eigenvalue weighted by atomic mass is 16.5. The molecule has 0 radical (unpaired) electrons. The minimum absolute atomic E-state index is 0.0193. The van der Waals surface area contributed by atoms with Crippen molar-refractivity contribution in [2.45, 2.75) is 6.42 Å². The minimum Gasteiger partial charge on any atom is -0.493 e. The van der Waals surface area contributed by atoms with Gasteiger partial charge in [-0.2, -0.15) is 5.10 Å². The van der Waals surface area contributed by atoms with E-state index < -0.39 is 17.4 Å². The lowest BCUT2D eigenvalue weighted by molar-refractivity contribution is -0.121. The fourth-order valence-electron chi connectivity index (χ4n) is 2.99. The van der Waals surface area contributed by atoms with E-state index in [0.717, 1.165) is 0 Å². The maximum atomic E-state index is 12.5. The monoisotopic (exact) mass is 412 g/mol. The Labute approximate surface area is 171 Å². The Kier molecular flexibility index (Phi) is 6.16. The standard InChI is InChI=1S/C20H20N4O6/c1-28-14-9-8-11(17(29-2)18(14)30-3)10-15(25)21-24-20(27)16-12-6-4-5-7-13(12)19(26)23-22-16/h4-9H,10H2,1-3H3,(H,21,25)(H,23,26)(H,24,27). The van der Waals surface area contributed by atoms with E-state index in [-0.39, 0.29) is 12.1 Å². The SMILES string of the molecule is COc1ccc(CC(=O)NNC(=O)c2n[nH]c(=O)c3ccccc23)c(OC)c1OC. The molecule has 3 N–H and O–H groups in total. The van der Waals surface area contributed by atoms with Crippen LogP contribution in [-0.2, 0) is 11.2 Å². The number of hydrogen-bond acceptors (Lipinski definition) is 7. The Morgan fingerprint density at radius 2 is 1.63 bits per heavy atom. The highest BCUT2D eigenvalue weighted by Crippen LogP contribution is 2.39. The second-order valence-corrected chi connectivity index (χ2v) is 6.12. The molecule has 0 aliphatic rings. The molecule has 2 aromatic carbocycles. The average Bonchev–Trinajstić information content (AvgIpc) is 2.77. The first-order valence-corrected chi connectivity index (χ1v) is 8.84. The second kappa shape index (κ2) is 8.95. The van der Waals surface area contributed by atoms with Gasteiger partial charge in [0, 0.05) is 10.9 Å². The Bertz CT molecular complexity index is 1160. The highest BCUT2D eigenvalue weighted by Gasteiger charge is 2.19. The fraction of sp³-hybridized carbons (Fsp3) is 0.200. The van der Waals surface area contributed by atoms with Gasteiger partial charge >= 0.3 is 0 Å². The Morgan fingerprint density at radius 3 is 2.30 bits per heavy atom. The zero-order valence-electron chi connectivity index (χ0n) is 16.6. The molecule has 0 saturated carbocycles. The zero-order chi connectivity index (χ0) is 21.7. The summed E-state index contributed by atoms with van der Waals surface area (Å²) in [6, 6.07) is 9.86. The Balaban J connectivity index is 1.74. The van der Waals surface area contributed by atoms with Crippen molar-refractivity contribution in [2.24, 2.45) is 0 Å². The van der Waals surface area contributed by atoms with Gasteiger partial charge in [0.25, 0.3) is 11.5 Å². The summed E-state index contributed by atoms with van der Waals surface area (Å²) >= 11 is 0. The van der Waals surface area contributed by atoms with Crippen molar-refractivity contribution < 1.29 is 23.8 Å². The van der Waals surface area contributed by atoms with Crippen LogP contribution < -0.4 is 30.6 Å². The van der Waals surface area contributed by atoms with E-state index in [0.29, 0.717) is 33.6 Å². The third-order valence-electron chi connectivity index (χ3n) is 4.36. The molecule has 0 atom stereocenters. The number of carbonyl (C=O) groups excluding carboxylic acids is 2. The topological polar surface area (TPSA) is 132 Å². The van der Waals surface area contributed by atoms with Crippen molar-refractivity contribution >= 4 is 22.6 Å². The molecule has 10 heteroatoms. The van der Waals surface area contributed by atoms with Gasteiger partial charge in [0.1, 0.15) is 0 Å². The highest BCUT2D eigenvalue weighted by molar-refractivity contribution is 6.05. The number of hydrogen-bond donors (Lipinski definition) is 3. The number of hydrazine groups is 1. The van der Waals surface area contributed by atoms with Crippen LogP contribution in [0, 0.1) is 0 Å². The van der Waals surface area contributed by atoms with E-state index in [4.69, 9.17) is 14.2 Å². The van der Waals surface area contributed by atoms with Crippen LogP contribution in [0.3, 0.4) is 0 Å². The summed E-state index contributed by atoms with van der Waals surface area (Å²) in [6.07, 6.45) is -0.0936. The fourth-order valence-corrected chi connectivity index (χ4v) is 2.99. The van der Waals surface area contributed by atoms with E-state index in [2.05, 4.69) is 21.0 Å². The van der Waals surface area contributed by atoms with Gasteiger partial charge in [0.05, 0.1) is 33.1 Å². The van der Waals surface area contributed by atoms with Gasteiger partial charge in [-0.25, -0.2) is 5.10 Å². The molecule has 0 aliphatic heterocycles. The summed E-state index contributed by atoms with van der Waals surface area (Å²) in [5.41, 5.74) is 4.73. The molecule has 0 unspecified atom stereocenters. The van der Waals surface area contributed by atoms with Crippen LogP contribution in [0.25, 0.3) is 10.8 Å². The predicted molar refractivity (Wildman–Crippen MR) is 108 cm³/mol. The molecular formula is C20H20N4O6. The summed E-state index contributed by atoms with van der Waals surface area (Å²) < 4.78 is 15.9. The number of amides is 2. The van der Waals surface area contributed by atoms with Gasteiger partial charge in [0.2, 0.25) is 11.7 Å². The molecule has 2 amide bonds. The van der Waals surface area contributed by atoms with Gasteiger partial charge in [-0.15, -0.1) is 0 Å². The normalized spacial score (nSPS) is 10.4. The Morgan fingerprint density at radius 1 is 0.933 bits per heavy atom. The number of methoxy groups -OCH3 is 3. The lowest BCUT2D eigenvalue weighted by atomic mass is 10.1. The average molecular weight is 412 g/mol. The first-order valence-electron chi connectivity index (χ1n) is 8.84. The first-order chi connectivity index (χ1) is 14.5. The van der Waals surface area contributed by atoms with Gasteiger partial charge in [-0.3, -0.25) is 25.2 Å². The van der Waals surface area contributed by atoms with Gasteiger partial charge in [0.15, 0.2) is 17.2 Å². The molecule has 1 aromatic heterocycles. The number of nitrogens with zero attached hydrogens (tertiary/aromatic N) is 1. The third kappa shape index (κ3) is 4.02. The van der Waals surface area contributed by atoms with E-state index in [1.165, 1.54) is 21.3 Å². The number of nitrogens with one attached hydrogen (secondary N) is 3. The molecule has 0 bridgehead atoms. The summed E-state index contributed by atoms with van der Waals surface area (Å²) in [5.74, 6) is 0.00498. The zero-order valence-corrected chi connectivity index (χ0v) is 16.6. The summed E-state index contributed by atoms with van der Waals surface area (Å²) in [6.45, 7) is 0. The van der Waals surface area contributed by atoms with Gasteiger partial charge in [-0.1, -0.05) is 24.3 Å². The molecule has 1 heterocycles. The lowest BCUT2D eigenvalue weighted by Crippen LogP contribution is -2.43. The lowest BCUT2D eigenvalue weighted by Gasteiger charge is -2.15. The Hall–Kier alpha value is -4.08. The quantitative estimate of drug-likeness (QED) is 0.514. The van der Waals surface area contributed by atoms with Crippen LogP contribution in [0.4, 0.5) is 0 Å². The van der Waals surface area contributed by atoms with Crippen LogP contribution >= 0.6 is 0 Å². The maximum absolute atomic E-state index is 12.5. The molecule has 30 heavy (non-hydrogen) atoms. The van der Waals surface area contributed by atoms with Crippen molar-refractivity contribution in [1.82, 2.24) is 21.0 Å². The molecule has 0 spiro atoms. The van der Waals surface area contributed by atoms with Crippen LogP contribution in [-0.4, -0.2) is 43.3 Å². The number of fused-ring (bicyclic) bond motifs is 1. The number of H-pyrrole nitrogens is 1. The van der Waals surface area contributed by atoms with Crippen molar-refractivity contribution in [1.29, 1.82) is 0 Å². The number of carbonyl (C=O) groups is 2. The molecule has 10 nitrogen and oxygen atoms in total. The molecule has 3 rings (SSSR count). The minimum atomic E-state index is -0.671. The molecule has 0 aliphatic carbocycles. The van der Waals surface area contributed by atoms with E-state index in [1.54, 1.807) is 36.4 Å². The van der Waals surface area contributed by atoms with Crippen LogP contribution in [0.15, 0.2) is 41.2 Å². The van der Waals surface area contributed by atoms with E-state index in [9.17, 15) is 14.4 Å². The molecule has 156 valence electrons. The summed E-state index contributed by atoms with van der Waals surface area (Å²) in [5, 5.41) is 6.74. The first kappa shape index (κ1) is 20.6. The van der Waals surface area contributed by atoms with Gasteiger partial charge in [-0.05, 0) is 12.1 Å². The number of ether oxygens (including phenoxy) is 3. The van der Waals surface area contributed by atoms with E-state index in [1.807, 2.05) is 0 Å². The van der Waals surface area contributed by atoms with Gasteiger partial charge < -0.3 is 14.2 Å². The van der Waals surface area contributed by atoms with Crippen molar-refractivity contribution in [3.63, 3.8) is 0 Å². The molecule has 0 saturated heterocycles. The number of benzene rings is 2. The molecule has 3 aromatic rings. The van der Waals surface area contributed by atoms with Crippen LogP contribution in [0.2, 0.25) is 0 Å². The largest absolute Gasteiger partial charge is 0.493 e.